The van der Waals surface area contributed by atoms with E-state index in [1.165, 1.54) is 12.1 Å². The molecule has 0 aromatic heterocycles. The minimum absolute atomic E-state index is 0.0999. The van der Waals surface area contributed by atoms with Gasteiger partial charge in [-0.05, 0) is 37.1 Å². The van der Waals surface area contributed by atoms with E-state index in [0.717, 1.165) is 31.4 Å². The maximum Gasteiger partial charge on any atom is 0.170 e. The molecule has 1 aromatic carbocycles. The fourth-order valence-corrected chi connectivity index (χ4v) is 2.67. The molecule has 1 atom stereocenters. The van der Waals surface area contributed by atoms with E-state index in [9.17, 15) is 9.50 Å². The van der Waals surface area contributed by atoms with Gasteiger partial charge in [0.25, 0.3) is 0 Å². The van der Waals surface area contributed by atoms with Gasteiger partial charge in [0, 0.05) is 18.2 Å². The van der Waals surface area contributed by atoms with E-state index in [4.69, 9.17) is 10.9 Å². The van der Waals surface area contributed by atoms with Gasteiger partial charge in [-0.1, -0.05) is 17.6 Å². The van der Waals surface area contributed by atoms with Crippen LogP contribution < -0.4 is 5.73 Å². The van der Waals surface area contributed by atoms with Gasteiger partial charge in [0.2, 0.25) is 0 Å². The van der Waals surface area contributed by atoms with Gasteiger partial charge >= 0.3 is 0 Å². The number of benzene rings is 1. The van der Waals surface area contributed by atoms with Crippen molar-refractivity contribution in [2.24, 2.45) is 10.9 Å². The first-order valence-electron chi connectivity index (χ1n) is 6.77. The lowest BCUT2D eigenvalue weighted by Gasteiger charge is -2.34. The third-order valence-electron chi connectivity index (χ3n) is 3.79. The number of oxime groups is 1. The van der Waals surface area contributed by atoms with Crippen LogP contribution >= 0.6 is 0 Å². The molecule has 5 nitrogen and oxygen atoms in total. The smallest absolute Gasteiger partial charge is 0.170 e. The molecule has 0 radical (unpaired) electrons. The molecule has 1 fully saturated rings. The summed E-state index contributed by atoms with van der Waals surface area (Å²) in [4.78, 5) is 2.16. The van der Waals surface area contributed by atoms with Crippen LogP contribution in [-0.4, -0.2) is 40.2 Å². The second-order valence-electron chi connectivity index (χ2n) is 5.09. The standard InChI is InChI=1S/C14H20FN3O2/c15-11-5-4-10(13(7-11)14(16)17-20)8-18-6-2-1-3-12(18)9-19/h4-5,7,12,19-20H,1-3,6,8-9H2,(H2,16,17). The number of piperidine rings is 1. The molecule has 0 aliphatic carbocycles. The summed E-state index contributed by atoms with van der Waals surface area (Å²) >= 11 is 0. The summed E-state index contributed by atoms with van der Waals surface area (Å²) in [6.45, 7) is 1.55. The Morgan fingerprint density at radius 2 is 2.25 bits per heavy atom. The Bertz CT molecular complexity index is 493. The van der Waals surface area contributed by atoms with E-state index in [-0.39, 0.29) is 18.5 Å². The third kappa shape index (κ3) is 3.26. The lowest BCUT2D eigenvalue weighted by atomic mass is 10.00. The van der Waals surface area contributed by atoms with Crippen LogP contribution in [0.1, 0.15) is 30.4 Å². The molecule has 110 valence electrons. The van der Waals surface area contributed by atoms with Crippen LogP contribution in [0.5, 0.6) is 0 Å². The van der Waals surface area contributed by atoms with Crippen molar-refractivity contribution in [1.29, 1.82) is 0 Å². The van der Waals surface area contributed by atoms with E-state index in [1.54, 1.807) is 6.07 Å². The number of aliphatic hydroxyl groups is 1. The van der Waals surface area contributed by atoms with Gasteiger partial charge in [0.1, 0.15) is 5.82 Å². The van der Waals surface area contributed by atoms with Crippen molar-refractivity contribution in [1.82, 2.24) is 4.90 Å². The van der Waals surface area contributed by atoms with Crippen LogP contribution in [0.4, 0.5) is 4.39 Å². The first-order valence-corrected chi connectivity index (χ1v) is 6.77. The van der Waals surface area contributed by atoms with Gasteiger partial charge in [-0.2, -0.15) is 0 Å². The Morgan fingerprint density at radius 1 is 1.45 bits per heavy atom. The highest BCUT2D eigenvalue weighted by molar-refractivity contribution is 5.98. The summed E-state index contributed by atoms with van der Waals surface area (Å²) in [5.41, 5.74) is 6.79. The molecule has 0 saturated carbocycles. The predicted octanol–water partition coefficient (Wildman–Crippen LogP) is 1.27. The minimum atomic E-state index is -0.423. The largest absolute Gasteiger partial charge is 0.409 e. The molecule has 1 aliphatic rings. The number of amidine groups is 1. The second-order valence-corrected chi connectivity index (χ2v) is 5.09. The number of nitrogens with two attached hydrogens (primary N) is 1. The fourth-order valence-electron chi connectivity index (χ4n) is 2.67. The van der Waals surface area contributed by atoms with Crippen molar-refractivity contribution >= 4 is 5.84 Å². The zero-order valence-electron chi connectivity index (χ0n) is 11.3. The SMILES string of the molecule is NC(=NO)c1cc(F)ccc1CN1CCCCC1CO. The topological polar surface area (TPSA) is 82.1 Å². The van der Waals surface area contributed by atoms with Crippen molar-refractivity contribution in [3.05, 3.63) is 35.1 Å². The van der Waals surface area contributed by atoms with Crippen molar-refractivity contribution < 1.29 is 14.7 Å². The molecule has 6 heteroatoms. The lowest BCUT2D eigenvalue weighted by Crippen LogP contribution is -2.41. The molecular formula is C14H20FN3O2. The van der Waals surface area contributed by atoms with E-state index < -0.39 is 5.82 Å². The number of nitrogens with zero attached hydrogens (tertiary/aromatic N) is 2. The van der Waals surface area contributed by atoms with Gasteiger partial charge in [0.15, 0.2) is 5.84 Å². The Balaban J connectivity index is 2.24. The quantitative estimate of drug-likeness (QED) is 0.336. The summed E-state index contributed by atoms with van der Waals surface area (Å²) in [5, 5.41) is 21.2. The normalized spacial score (nSPS) is 21.1. The Hall–Kier alpha value is -1.66. The van der Waals surface area contributed by atoms with Crippen molar-refractivity contribution in [3.8, 4) is 0 Å². The molecule has 4 N–H and O–H groups in total. The number of rotatable bonds is 4. The monoisotopic (exact) mass is 281 g/mol. The van der Waals surface area contributed by atoms with Gasteiger partial charge < -0.3 is 16.0 Å². The van der Waals surface area contributed by atoms with Crippen LogP contribution in [0.15, 0.2) is 23.4 Å². The second kappa shape index (κ2) is 6.67. The minimum Gasteiger partial charge on any atom is -0.409 e. The molecular weight excluding hydrogens is 261 g/mol. The lowest BCUT2D eigenvalue weighted by molar-refractivity contribution is 0.0840. The van der Waals surface area contributed by atoms with Crippen LogP contribution in [0, 0.1) is 5.82 Å². The van der Waals surface area contributed by atoms with Gasteiger partial charge in [0.05, 0.1) is 6.61 Å². The maximum atomic E-state index is 13.3. The van der Waals surface area contributed by atoms with Gasteiger partial charge in [-0.3, -0.25) is 4.90 Å². The number of hydrogen-bond donors (Lipinski definition) is 3. The molecule has 0 spiro atoms. The first kappa shape index (κ1) is 14.7. The molecule has 0 amide bonds. The summed E-state index contributed by atoms with van der Waals surface area (Å²) in [6.07, 6.45) is 3.14. The first-order chi connectivity index (χ1) is 9.65. The van der Waals surface area contributed by atoms with Crippen molar-refractivity contribution in [2.45, 2.75) is 31.8 Å². The van der Waals surface area contributed by atoms with Crippen LogP contribution in [0.2, 0.25) is 0 Å². The average Bonchev–Trinajstić information content (AvgIpc) is 2.48. The summed E-state index contributed by atoms with van der Waals surface area (Å²) in [5.74, 6) is -0.523. The van der Waals surface area contributed by atoms with E-state index in [1.807, 2.05) is 0 Å². The highest BCUT2D eigenvalue weighted by Gasteiger charge is 2.23. The molecule has 1 unspecified atom stereocenters. The molecule has 1 saturated heterocycles. The van der Waals surface area contributed by atoms with Crippen LogP contribution in [0.3, 0.4) is 0 Å². The highest BCUT2D eigenvalue weighted by Crippen LogP contribution is 2.21. The predicted molar refractivity (Wildman–Crippen MR) is 74.0 cm³/mol. The average molecular weight is 281 g/mol. The fraction of sp³-hybridized carbons (Fsp3) is 0.500. The van der Waals surface area contributed by atoms with Gasteiger partial charge in [-0.15, -0.1) is 0 Å². The summed E-state index contributed by atoms with van der Waals surface area (Å²) in [7, 11) is 0. The zero-order chi connectivity index (χ0) is 14.5. The zero-order valence-corrected chi connectivity index (χ0v) is 11.3. The number of hydrogen-bond acceptors (Lipinski definition) is 4. The van der Waals surface area contributed by atoms with E-state index >= 15 is 0 Å². The van der Waals surface area contributed by atoms with E-state index in [2.05, 4.69) is 10.1 Å². The van der Waals surface area contributed by atoms with Gasteiger partial charge in [-0.25, -0.2) is 4.39 Å². The Morgan fingerprint density at radius 3 is 2.95 bits per heavy atom. The number of likely N-dealkylation sites (tertiary alicyclic amines) is 1. The third-order valence-corrected chi connectivity index (χ3v) is 3.79. The van der Waals surface area contributed by atoms with Crippen molar-refractivity contribution in [3.63, 3.8) is 0 Å². The summed E-state index contributed by atoms with van der Waals surface area (Å²) in [6, 6.07) is 4.39. The molecule has 20 heavy (non-hydrogen) atoms. The number of aliphatic hydroxyl groups excluding tert-OH is 1. The van der Waals surface area contributed by atoms with Crippen LogP contribution in [0.25, 0.3) is 0 Å². The van der Waals surface area contributed by atoms with Crippen molar-refractivity contribution in [2.75, 3.05) is 13.2 Å². The number of halogens is 1. The highest BCUT2D eigenvalue weighted by atomic mass is 19.1. The molecule has 0 bridgehead atoms. The molecule has 1 aromatic rings. The summed E-state index contributed by atoms with van der Waals surface area (Å²) < 4.78 is 13.3. The van der Waals surface area contributed by atoms with E-state index in [0.29, 0.717) is 12.1 Å². The maximum absolute atomic E-state index is 13.3. The molecule has 1 heterocycles. The Labute approximate surface area is 117 Å². The molecule has 1 aliphatic heterocycles. The molecule has 2 rings (SSSR count). The Kier molecular flexibility index (Phi) is 4.92. The van der Waals surface area contributed by atoms with Crippen LogP contribution in [-0.2, 0) is 6.54 Å².